The van der Waals surface area contributed by atoms with Gasteiger partial charge in [-0.05, 0) is 33.1 Å². The van der Waals surface area contributed by atoms with Crippen molar-refractivity contribution >= 4 is 11.6 Å². The lowest BCUT2D eigenvalue weighted by Gasteiger charge is -2.35. The van der Waals surface area contributed by atoms with Crippen LogP contribution < -0.4 is 5.56 Å². The molecule has 2 aromatic heterocycles. The van der Waals surface area contributed by atoms with Gasteiger partial charge in [0.2, 0.25) is 5.91 Å². The summed E-state index contributed by atoms with van der Waals surface area (Å²) in [6.07, 6.45) is 4.38. The molecule has 2 aliphatic heterocycles. The Kier molecular flexibility index (Phi) is 4.80. The monoisotopic (exact) mass is 371 g/mol. The second-order valence-electron chi connectivity index (χ2n) is 8.01. The van der Waals surface area contributed by atoms with Crippen molar-refractivity contribution in [2.75, 3.05) is 13.1 Å². The fourth-order valence-electron chi connectivity index (χ4n) is 4.39. The third-order valence-corrected chi connectivity index (χ3v) is 6.03. The lowest BCUT2D eigenvalue weighted by molar-refractivity contribution is -0.134. The van der Waals surface area contributed by atoms with Crippen LogP contribution in [-0.4, -0.2) is 49.4 Å². The number of hydrogen-bond acceptors (Lipinski definition) is 4. The van der Waals surface area contributed by atoms with Crippen LogP contribution in [0.5, 0.6) is 0 Å². The maximum Gasteiger partial charge on any atom is 0.277 e. The molecule has 4 rings (SSSR count). The number of piperidine rings is 1. The quantitative estimate of drug-likeness (QED) is 0.898. The van der Waals surface area contributed by atoms with Crippen LogP contribution in [0.3, 0.4) is 0 Å². The van der Waals surface area contributed by atoms with E-state index in [0.717, 1.165) is 55.7 Å². The van der Waals surface area contributed by atoms with E-state index >= 15 is 0 Å². The number of fused-ring (bicyclic) bond motifs is 2. The van der Waals surface area contributed by atoms with E-state index in [2.05, 4.69) is 23.8 Å². The molecule has 0 bridgehead atoms. The zero-order valence-electron chi connectivity index (χ0n) is 16.5. The van der Waals surface area contributed by atoms with Crippen LogP contribution in [0.25, 0.3) is 5.65 Å². The molecule has 0 unspecified atom stereocenters. The van der Waals surface area contributed by atoms with Crippen molar-refractivity contribution in [1.29, 1.82) is 0 Å². The van der Waals surface area contributed by atoms with E-state index in [9.17, 15) is 9.59 Å². The summed E-state index contributed by atoms with van der Waals surface area (Å²) in [6, 6.07) is 2.38. The Balaban J connectivity index is 1.74. The average molecular weight is 371 g/mol. The highest BCUT2D eigenvalue weighted by Crippen LogP contribution is 2.31. The van der Waals surface area contributed by atoms with E-state index < -0.39 is 0 Å². The molecule has 2 aliphatic rings. The number of rotatable bonds is 3. The molecule has 2 aromatic rings. The number of amides is 1. The summed E-state index contributed by atoms with van der Waals surface area (Å²) >= 11 is 0. The Morgan fingerprint density at radius 3 is 2.89 bits per heavy atom. The maximum atomic E-state index is 13.1. The number of nitrogens with one attached hydrogen (secondary N) is 1. The number of aromatic amines is 1. The summed E-state index contributed by atoms with van der Waals surface area (Å²) in [7, 11) is 0. The smallest absolute Gasteiger partial charge is 0.277 e. The van der Waals surface area contributed by atoms with Gasteiger partial charge in [0.1, 0.15) is 0 Å². The Labute approximate surface area is 159 Å². The fraction of sp³-hybridized carbons (Fsp3) is 0.650. The first kappa shape index (κ1) is 18.2. The van der Waals surface area contributed by atoms with Gasteiger partial charge in [0.25, 0.3) is 5.56 Å². The molecule has 27 heavy (non-hydrogen) atoms. The van der Waals surface area contributed by atoms with Gasteiger partial charge < -0.3 is 4.90 Å². The van der Waals surface area contributed by atoms with Crippen molar-refractivity contribution in [3.8, 4) is 0 Å². The van der Waals surface area contributed by atoms with Gasteiger partial charge in [0.05, 0.1) is 23.0 Å². The van der Waals surface area contributed by atoms with E-state index in [1.54, 1.807) is 4.52 Å². The minimum absolute atomic E-state index is 0.00391. The molecule has 1 fully saturated rings. The second-order valence-corrected chi connectivity index (χ2v) is 8.01. The van der Waals surface area contributed by atoms with Gasteiger partial charge in [0.15, 0.2) is 5.65 Å². The molecule has 0 aromatic carbocycles. The predicted octanol–water partition coefficient (Wildman–Crippen LogP) is 2.25. The van der Waals surface area contributed by atoms with E-state index in [0.29, 0.717) is 24.7 Å². The summed E-state index contributed by atoms with van der Waals surface area (Å²) in [5, 5.41) is 3.27. The molecular formula is C20H29N5O2. The van der Waals surface area contributed by atoms with Gasteiger partial charge in [-0.1, -0.05) is 6.92 Å². The number of nitrogens with zero attached hydrogens (tertiary/aromatic N) is 4. The highest BCUT2D eigenvalue weighted by Gasteiger charge is 2.30. The van der Waals surface area contributed by atoms with Crippen molar-refractivity contribution < 1.29 is 4.79 Å². The average Bonchev–Trinajstić information content (AvgIpc) is 3.11. The molecule has 7 heteroatoms. The molecule has 0 saturated carbocycles. The van der Waals surface area contributed by atoms with Crippen LogP contribution in [0.15, 0.2) is 10.9 Å². The molecule has 1 saturated heterocycles. The van der Waals surface area contributed by atoms with Gasteiger partial charge in [0, 0.05) is 44.6 Å². The highest BCUT2D eigenvalue weighted by molar-refractivity contribution is 5.76. The first-order valence-corrected chi connectivity index (χ1v) is 10.2. The third kappa shape index (κ3) is 3.18. The minimum Gasteiger partial charge on any atom is -0.334 e. The summed E-state index contributed by atoms with van der Waals surface area (Å²) in [5.41, 5.74) is 3.31. The Hall–Kier alpha value is -2.15. The van der Waals surface area contributed by atoms with Crippen LogP contribution in [0.1, 0.15) is 69.4 Å². The molecule has 0 radical (unpaired) electrons. The van der Waals surface area contributed by atoms with E-state index in [-0.39, 0.29) is 17.5 Å². The number of hydrogen-bond donors (Lipinski definition) is 1. The molecule has 1 atom stereocenters. The molecule has 4 heterocycles. The standard InChI is InChI=1S/C20H29N5O2/c1-4-19(26)24-9-6-5-7-17(24)16-11-18-21-15-8-10-23(13(2)3)12-14(15)20(27)25(18)22-16/h11,13,17,22H,4-10,12H2,1-3H3/t17-/m0/s1. The highest BCUT2D eigenvalue weighted by atomic mass is 16.2. The molecule has 1 N–H and O–H groups in total. The predicted molar refractivity (Wildman–Crippen MR) is 104 cm³/mol. The molecular weight excluding hydrogens is 342 g/mol. The molecule has 1 amide bonds. The van der Waals surface area contributed by atoms with E-state index in [4.69, 9.17) is 4.98 Å². The Morgan fingerprint density at radius 1 is 1.33 bits per heavy atom. The lowest BCUT2D eigenvalue weighted by Crippen LogP contribution is -2.40. The fourth-order valence-corrected chi connectivity index (χ4v) is 4.39. The first-order chi connectivity index (χ1) is 13.0. The lowest BCUT2D eigenvalue weighted by atomic mass is 9.99. The second kappa shape index (κ2) is 7.11. The molecule has 7 nitrogen and oxygen atoms in total. The number of carbonyl (C=O) groups excluding carboxylic acids is 1. The zero-order chi connectivity index (χ0) is 19.1. The largest absolute Gasteiger partial charge is 0.334 e. The minimum atomic E-state index is -0.00391. The first-order valence-electron chi connectivity index (χ1n) is 10.2. The maximum absolute atomic E-state index is 13.1. The summed E-state index contributed by atoms with van der Waals surface area (Å²) in [4.78, 5) is 34.5. The van der Waals surface area contributed by atoms with Crippen molar-refractivity contribution in [1.82, 2.24) is 24.4 Å². The topological polar surface area (TPSA) is 73.7 Å². The van der Waals surface area contributed by atoms with Crippen molar-refractivity contribution in [3.63, 3.8) is 0 Å². The van der Waals surface area contributed by atoms with Gasteiger partial charge in [-0.3, -0.25) is 19.6 Å². The Morgan fingerprint density at radius 2 is 2.15 bits per heavy atom. The van der Waals surface area contributed by atoms with Crippen molar-refractivity contribution in [2.24, 2.45) is 0 Å². The van der Waals surface area contributed by atoms with Crippen molar-refractivity contribution in [2.45, 2.75) is 71.5 Å². The zero-order valence-corrected chi connectivity index (χ0v) is 16.5. The number of H-pyrrole nitrogens is 1. The SMILES string of the molecule is CCC(=O)N1CCCC[C@H]1c1cc2nc3c(c(=O)n2[nH]1)CN(C(C)C)CC3. The summed E-state index contributed by atoms with van der Waals surface area (Å²) in [5.74, 6) is 0.172. The number of aromatic nitrogens is 3. The van der Waals surface area contributed by atoms with Crippen LogP contribution in [0.4, 0.5) is 0 Å². The van der Waals surface area contributed by atoms with E-state index in [1.165, 1.54) is 0 Å². The van der Waals surface area contributed by atoms with Gasteiger partial charge in [-0.25, -0.2) is 9.50 Å². The van der Waals surface area contributed by atoms with E-state index in [1.807, 2.05) is 17.9 Å². The van der Waals surface area contributed by atoms with Crippen LogP contribution in [0.2, 0.25) is 0 Å². The molecule has 146 valence electrons. The van der Waals surface area contributed by atoms with Crippen LogP contribution in [0, 0.1) is 0 Å². The normalized spacial score (nSPS) is 21.0. The molecule has 0 aliphatic carbocycles. The van der Waals surface area contributed by atoms with Crippen LogP contribution >= 0.6 is 0 Å². The Bertz CT molecular complexity index is 913. The van der Waals surface area contributed by atoms with Crippen molar-refractivity contribution in [3.05, 3.63) is 33.4 Å². The van der Waals surface area contributed by atoms with Gasteiger partial charge in [-0.2, -0.15) is 0 Å². The third-order valence-electron chi connectivity index (χ3n) is 6.03. The number of likely N-dealkylation sites (tertiary alicyclic amines) is 1. The summed E-state index contributed by atoms with van der Waals surface area (Å²) < 4.78 is 1.57. The number of carbonyl (C=O) groups is 1. The van der Waals surface area contributed by atoms with Crippen LogP contribution in [-0.2, 0) is 17.8 Å². The van der Waals surface area contributed by atoms with Gasteiger partial charge in [-0.15, -0.1) is 0 Å². The van der Waals surface area contributed by atoms with Gasteiger partial charge >= 0.3 is 0 Å². The summed E-state index contributed by atoms with van der Waals surface area (Å²) in [6.45, 7) is 8.59. The molecule has 0 spiro atoms.